The molecule has 1 aliphatic heterocycles. The zero-order valence-corrected chi connectivity index (χ0v) is 11.5. The van der Waals surface area contributed by atoms with Gasteiger partial charge < -0.3 is 13.9 Å². The van der Waals surface area contributed by atoms with Crippen LogP contribution in [-0.2, 0) is 20.9 Å². The molecule has 1 aliphatic rings. The molecule has 0 N–H and O–H groups in total. The van der Waals surface area contributed by atoms with Gasteiger partial charge in [0.25, 0.3) is 0 Å². The number of furan rings is 1. The number of rotatable bonds is 4. The van der Waals surface area contributed by atoms with Crippen LogP contribution < -0.4 is 0 Å². The van der Waals surface area contributed by atoms with E-state index in [9.17, 15) is 4.79 Å². The average Bonchev–Trinajstić information content (AvgIpc) is 3.13. The molecule has 0 radical (unpaired) electrons. The molecule has 102 valence electrons. The highest BCUT2D eigenvalue weighted by molar-refractivity contribution is 7.12. The SMILES string of the molecule is COCc1ccc(C=C2N=C(c3cccs3)OC2=O)o1. The van der Waals surface area contributed by atoms with Gasteiger partial charge in [-0.2, -0.15) is 0 Å². The van der Waals surface area contributed by atoms with Crippen LogP contribution in [0, 0.1) is 0 Å². The number of hydrogen-bond acceptors (Lipinski definition) is 6. The van der Waals surface area contributed by atoms with Gasteiger partial charge in [0.2, 0.25) is 5.90 Å². The van der Waals surface area contributed by atoms with E-state index in [4.69, 9.17) is 13.9 Å². The predicted octanol–water partition coefficient (Wildman–Crippen LogP) is 2.83. The molecule has 0 amide bonds. The summed E-state index contributed by atoms with van der Waals surface area (Å²) < 4.78 is 15.6. The van der Waals surface area contributed by atoms with Crippen molar-refractivity contribution in [3.8, 4) is 0 Å². The number of methoxy groups -OCH3 is 1. The maximum absolute atomic E-state index is 11.7. The molecular formula is C14H11NO4S. The van der Waals surface area contributed by atoms with E-state index in [-0.39, 0.29) is 5.70 Å². The first-order chi connectivity index (χ1) is 9.76. The topological polar surface area (TPSA) is 61.0 Å². The molecule has 0 aromatic carbocycles. The van der Waals surface area contributed by atoms with E-state index < -0.39 is 5.97 Å². The fourth-order valence-electron chi connectivity index (χ4n) is 1.74. The van der Waals surface area contributed by atoms with Crippen molar-refractivity contribution in [3.05, 3.63) is 51.7 Å². The van der Waals surface area contributed by atoms with E-state index in [0.29, 0.717) is 24.0 Å². The average molecular weight is 289 g/mol. The molecule has 2 aromatic heterocycles. The molecule has 0 unspecified atom stereocenters. The summed E-state index contributed by atoms with van der Waals surface area (Å²) in [5.41, 5.74) is 0.228. The zero-order valence-electron chi connectivity index (χ0n) is 10.7. The number of cyclic esters (lactones) is 1. The van der Waals surface area contributed by atoms with Crippen molar-refractivity contribution in [2.75, 3.05) is 7.11 Å². The highest BCUT2D eigenvalue weighted by atomic mass is 32.1. The van der Waals surface area contributed by atoms with Crippen molar-refractivity contribution in [1.82, 2.24) is 0 Å². The summed E-state index contributed by atoms with van der Waals surface area (Å²) in [4.78, 5) is 16.8. The van der Waals surface area contributed by atoms with Crippen LogP contribution in [-0.4, -0.2) is 19.0 Å². The first-order valence-corrected chi connectivity index (χ1v) is 6.78. The Balaban J connectivity index is 1.85. The molecule has 20 heavy (non-hydrogen) atoms. The van der Waals surface area contributed by atoms with Gasteiger partial charge in [-0.1, -0.05) is 6.07 Å². The molecule has 0 spiro atoms. The molecular weight excluding hydrogens is 278 g/mol. The van der Waals surface area contributed by atoms with Crippen molar-refractivity contribution in [3.63, 3.8) is 0 Å². The lowest BCUT2D eigenvalue weighted by Gasteiger charge is -1.93. The third-order valence-corrected chi connectivity index (χ3v) is 3.46. The number of esters is 1. The van der Waals surface area contributed by atoms with E-state index in [0.717, 1.165) is 4.88 Å². The molecule has 6 heteroatoms. The standard InChI is InChI=1S/C14H11NO4S/c1-17-8-10-5-4-9(18-10)7-11-14(16)19-13(15-11)12-3-2-6-20-12/h2-7H,8H2,1H3. The molecule has 2 aromatic rings. The number of nitrogens with zero attached hydrogens (tertiary/aromatic N) is 1. The molecule has 0 saturated carbocycles. The second kappa shape index (κ2) is 5.44. The predicted molar refractivity (Wildman–Crippen MR) is 74.3 cm³/mol. The minimum atomic E-state index is -0.474. The Morgan fingerprint density at radius 1 is 1.40 bits per heavy atom. The smallest absolute Gasteiger partial charge is 0.363 e. The van der Waals surface area contributed by atoms with Crippen LogP contribution in [0.1, 0.15) is 16.4 Å². The van der Waals surface area contributed by atoms with Gasteiger partial charge in [-0.15, -0.1) is 11.3 Å². The fraction of sp³-hybridized carbons (Fsp3) is 0.143. The van der Waals surface area contributed by atoms with Crippen LogP contribution in [0.4, 0.5) is 0 Å². The quantitative estimate of drug-likeness (QED) is 0.641. The minimum Gasteiger partial charge on any atom is -0.459 e. The van der Waals surface area contributed by atoms with Gasteiger partial charge in [-0.25, -0.2) is 9.79 Å². The normalized spacial score (nSPS) is 16.6. The van der Waals surface area contributed by atoms with Crippen molar-refractivity contribution in [2.45, 2.75) is 6.61 Å². The Labute approximate surface area is 119 Å². The van der Waals surface area contributed by atoms with Crippen molar-refractivity contribution < 1.29 is 18.7 Å². The van der Waals surface area contributed by atoms with Crippen molar-refractivity contribution in [1.29, 1.82) is 0 Å². The van der Waals surface area contributed by atoms with Gasteiger partial charge in [0.1, 0.15) is 18.1 Å². The monoisotopic (exact) mass is 289 g/mol. The van der Waals surface area contributed by atoms with Crippen LogP contribution >= 0.6 is 11.3 Å². The Hall–Kier alpha value is -2.18. The lowest BCUT2D eigenvalue weighted by molar-refractivity contribution is -0.129. The first-order valence-electron chi connectivity index (χ1n) is 5.90. The largest absolute Gasteiger partial charge is 0.459 e. The third-order valence-electron chi connectivity index (χ3n) is 2.60. The highest BCUT2D eigenvalue weighted by Crippen LogP contribution is 2.22. The van der Waals surface area contributed by atoms with Gasteiger partial charge in [-0.05, 0) is 23.6 Å². The Morgan fingerprint density at radius 3 is 3.05 bits per heavy atom. The van der Waals surface area contributed by atoms with Gasteiger partial charge in [-0.3, -0.25) is 0 Å². The lowest BCUT2D eigenvalue weighted by Crippen LogP contribution is -2.03. The van der Waals surface area contributed by atoms with Crippen molar-refractivity contribution >= 4 is 29.3 Å². The number of ether oxygens (including phenoxy) is 2. The van der Waals surface area contributed by atoms with Gasteiger partial charge >= 0.3 is 5.97 Å². The second-order valence-electron chi connectivity index (χ2n) is 4.05. The summed E-state index contributed by atoms with van der Waals surface area (Å²) in [6.07, 6.45) is 1.56. The van der Waals surface area contributed by atoms with Crippen LogP contribution in [0.2, 0.25) is 0 Å². The zero-order chi connectivity index (χ0) is 13.9. The van der Waals surface area contributed by atoms with Crippen LogP contribution in [0.15, 0.2) is 44.8 Å². The van der Waals surface area contributed by atoms with Crippen LogP contribution in [0.5, 0.6) is 0 Å². The summed E-state index contributed by atoms with van der Waals surface area (Å²) in [5.74, 6) is 1.09. The van der Waals surface area contributed by atoms with E-state index in [1.165, 1.54) is 11.3 Å². The van der Waals surface area contributed by atoms with Crippen LogP contribution in [0.3, 0.4) is 0 Å². The lowest BCUT2D eigenvalue weighted by atomic mass is 10.3. The Kier molecular flexibility index (Phi) is 3.49. The van der Waals surface area contributed by atoms with Gasteiger partial charge in [0, 0.05) is 13.2 Å². The number of hydrogen-bond donors (Lipinski definition) is 0. The number of carbonyl (C=O) groups excluding carboxylic acids is 1. The maximum atomic E-state index is 11.7. The number of thiophene rings is 1. The van der Waals surface area contributed by atoms with E-state index in [1.807, 2.05) is 17.5 Å². The summed E-state index contributed by atoms with van der Waals surface area (Å²) in [7, 11) is 1.59. The third kappa shape index (κ3) is 2.56. The second-order valence-corrected chi connectivity index (χ2v) is 5.00. The van der Waals surface area contributed by atoms with E-state index in [1.54, 1.807) is 25.3 Å². The Bertz CT molecular complexity index is 682. The molecule has 5 nitrogen and oxygen atoms in total. The highest BCUT2D eigenvalue weighted by Gasteiger charge is 2.25. The molecule has 0 saturated heterocycles. The maximum Gasteiger partial charge on any atom is 0.363 e. The molecule has 3 heterocycles. The van der Waals surface area contributed by atoms with Gasteiger partial charge in [0.15, 0.2) is 5.70 Å². The molecule has 0 bridgehead atoms. The Morgan fingerprint density at radius 2 is 2.30 bits per heavy atom. The summed E-state index contributed by atoms with van der Waals surface area (Å²) in [5, 5.41) is 1.90. The van der Waals surface area contributed by atoms with Crippen molar-refractivity contribution in [2.24, 2.45) is 4.99 Å². The minimum absolute atomic E-state index is 0.228. The molecule has 0 aliphatic carbocycles. The number of carbonyl (C=O) groups is 1. The fourth-order valence-corrected chi connectivity index (χ4v) is 2.39. The molecule has 3 rings (SSSR count). The number of aliphatic imine (C=N–C) groups is 1. The summed E-state index contributed by atoms with van der Waals surface area (Å²) in [6, 6.07) is 7.28. The summed E-state index contributed by atoms with van der Waals surface area (Å²) >= 11 is 1.47. The van der Waals surface area contributed by atoms with E-state index >= 15 is 0 Å². The molecule has 0 fully saturated rings. The first kappa shape index (κ1) is 12.8. The van der Waals surface area contributed by atoms with Crippen LogP contribution in [0.25, 0.3) is 6.08 Å². The van der Waals surface area contributed by atoms with E-state index in [2.05, 4.69) is 4.99 Å². The summed E-state index contributed by atoms with van der Waals surface area (Å²) in [6.45, 7) is 0.386. The van der Waals surface area contributed by atoms with Gasteiger partial charge in [0.05, 0.1) is 4.88 Å². The molecule has 0 atom stereocenters.